The molecule has 1 saturated heterocycles. The van der Waals surface area contributed by atoms with Gasteiger partial charge in [-0.15, -0.1) is 11.3 Å². The Morgan fingerprint density at radius 1 is 1.17 bits per heavy atom. The first kappa shape index (κ1) is 20.8. The first-order valence-electron chi connectivity index (χ1n) is 10.3. The average molecular weight is 424 g/mol. The van der Waals surface area contributed by atoms with Crippen LogP contribution in [-0.4, -0.2) is 64.2 Å². The van der Waals surface area contributed by atoms with Crippen LogP contribution in [0.2, 0.25) is 0 Å². The molecule has 30 heavy (non-hydrogen) atoms. The lowest BCUT2D eigenvalue weighted by atomic mass is 9.94. The molecule has 0 bridgehead atoms. The third kappa shape index (κ3) is 5.00. The number of aromatic nitrogens is 3. The zero-order valence-corrected chi connectivity index (χ0v) is 18.9. The Kier molecular flexibility index (Phi) is 6.08. The molecule has 7 nitrogen and oxygen atoms in total. The van der Waals surface area contributed by atoms with Gasteiger partial charge in [0.1, 0.15) is 11.2 Å². The maximum absolute atomic E-state index is 4.74. The quantitative estimate of drug-likeness (QED) is 0.500. The number of hydrogen-bond donors (Lipinski definition) is 1. The molecule has 1 aliphatic heterocycles. The molecule has 1 fully saturated rings. The molecule has 0 atom stereocenters. The average Bonchev–Trinajstić information content (AvgIpc) is 3.16. The summed E-state index contributed by atoms with van der Waals surface area (Å²) in [6, 6.07) is 8.25. The predicted octanol–water partition coefficient (Wildman–Crippen LogP) is 3.58. The van der Waals surface area contributed by atoms with Crippen molar-refractivity contribution in [1.29, 1.82) is 0 Å². The second-order valence-corrected chi connectivity index (χ2v) is 9.84. The zero-order valence-electron chi connectivity index (χ0n) is 18.1. The standard InChI is InChI=1S/C22H29N7S/c1-22(2,3)19-12-18-20(23-15-24-21(18)30-19)27-25-13-16-6-5-7-17(26-16)14-29-10-8-28(4)9-11-29/h5-7,12-13,15H,8-11,14H2,1-4H3,(H,23,24,27). The summed E-state index contributed by atoms with van der Waals surface area (Å²) in [6.07, 6.45) is 3.33. The van der Waals surface area contributed by atoms with Crippen molar-refractivity contribution < 1.29 is 0 Å². The maximum Gasteiger partial charge on any atom is 0.158 e. The first-order valence-corrected chi connectivity index (χ1v) is 11.1. The summed E-state index contributed by atoms with van der Waals surface area (Å²) in [7, 11) is 2.17. The van der Waals surface area contributed by atoms with Crippen LogP contribution in [-0.2, 0) is 12.0 Å². The number of pyridine rings is 1. The summed E-state index contributed by atoms with van der Waals surface area (Å²) < 4.78 is 0. The van der Waals surface area contributed by atoms with Gasteiger partial charge in [-0.05, 0) is 30.7 Å². The number of nitrogens with zero attached hydrogens (tertiary/aromatic N) is 6. The van der Waals surface area contributed by atoms with Crippen LogP contribution in [0.1, 0.15) is 37.0 Å². The van der Waals surface area contributed by atoms with Gasteiger partial charge in [-0.2, -0.15) is 5.10 Å². The van der Waals surface area contributed by atoms with Crippen molar-refractivity contribution in [3.8, 4) is 0 Å². The molecule has 158 valence electrons. The van der Waals surface area contributed by atoms with Gasteiger partial charge in [0.05, 0.1) is 23.0 Å². The molecule has 0 aliphatic carbocycles. The van der Waals surface area contributed by atoms with E-state index in [2.05, 4.69) is 70.2 Å². The van der Waals surface area contributed by atoms with Crippen molar-refractivity contribution in [1.82, 2.24) is 24.8 Å². The van der Waals surface area contributed by atoms with E-state index in [0.717, 1.165) is 60.1 Å². The Morgan fingerprint density at radius 2 is 1.97 bits per heavy atom. The van der Waals surface area contributed by atoms with Gasteiger partial charge >= 0.3 is 0 Å². The summed E-state index contributed by atoms with van der Waals surface area (Å²) in [5.74, 6) is 0.719. The van der Waals surface area contributed by atoms with Crippen LogP contribution in [0.5, 0.6) is 0 Å². The Balaban J connectivity index is 1.44. The van der Waals surface area contributed by atoms with Crippen molar-refractivity contribution in [2.24, 2.45) is 5.10 Å². The highest BCUT2D eigenvalue weighted by Gasteiger charge is 2.19. The maximum atomic E-state index is 4.74. The van der Waals surface area contributed by atoms with E-state index in [-0.39, 0.29) is 5.41 Å². The van der Waals surface area contributed by atoms with Crippen LogP contribution >= 0.6 is 11.3 Å². The van der Waals surface area contributed by atoms with Crippen molar-refractivity contribution in [3.05, 3.63) is 46.9 Å². The van der Waals surface area contributed by atoms with Crippen LogP contribution in [0.4, 0.5) is 5.82 Å². The lowest BCUT2D eigenvalue weighted by Crippen LogP contribution is -2.44. The highest BCUT2D eigenvalue weighted by Crippen LogP contribution is 2.35. The van der Waals surface area contributed by atoms with E-state index >= 15 is 0 Å². The summed E-state index contributed by atoms with van der Waals surface area (Å²) in [5.41, 5.74) is 5.06. The summed E-state index contributed by atoms with van der Waals surface area (Å²) in [4.78, 5) is 20.6. The molecule has 0 aromatic carbocycles. The number of likely N-dealkylation sites (N-methyl/N-ethyl adjacent to an activating group) is 1. The SMILES string of the molecule is CN1CCN(Cc2cccc(C=NNc3ncnc4sc(C(C)(C)C)cc34)n2)CC1. The minimum atomic E-state index is 0.0834. The Hall–Kier alpha value is -2.42. The number of hydrogen-bond acceptors (Lipinski definition) is 8. The van der Waals surface area contributed by atoms with Crippen LogP contribution < -0.4 is 5.43 Å². The fourth-order valence-corrected chi connectivity index (χ4v) is 4.42. The van der Waals surface area contributed by atoms with Crippen molar-refractivity contribution in [2.45, 2.75) is 32.7 Å². The van der Waals surface area contributed by atoms with E-state index in [1.807, 2.05) is 12.1 Å². The lowest BCUT2D eigenvalue weighted by Gasteiger charge is -2.32. The molecule has 4 heterocycles. The van der Waals surface area contributed by atoms with Gasteiger partial charge in [-0.3, -0.25) is 15.3 Å². The van der Waals surface area contributed by atoms with Gasteiger partial charge in [0.2, 0.25) is 0 Å². The molecule has 0 unspecified atom stereocenters. The number of fused-ring (bicyclic) bond motifs is 1. The second-order valence-electron chi connectivity index (χ2n) is 8.80. The lowest BCUT2D eigenvalue weighted by molar-refractivity contribution is 0.147. The predicted molar refractivity (Wildman–Crippen MR) is 124 cm³/mol. The fourth-order valence-electron chi connectivity index (χ4n) is 3.37. The normalized spacial score (nSPS) is 16.5. The molecule has 8 heteroatoms. The monoisotopic (exact) mass is 423 g/mol. The highest BCUT2D eigenvalue weighted by atomic mass is 32.1. The van der Waals surface area contributed by atoms with Gasteiger partial charge in [0, 0.05) is 37.6 Å². The molecule has 0 amide bonds. The molecule has 0 saturated carbocycles. The van der Waals surface area contributed by atoms with Gasteiger partial charge in [-0.1, -0.05) is 26.8 Å². The molecular weight excluding hydrogens is 394 g/mol. The molecule has 1 aliphatic rings. The smallest absolute Gasteiger partial charge is 0.158 e. The summed E-state index contributed by atoms with van der Waals surface area (Å²) in [6.45, 7) is 11.9. The first-order chi connectivity index (χ1) is 14.4. The van der Waals surface area contributed by atoms with Crippen LogP contribution in [0.25, 0.3) is 10.2 Å². The third-order valence-electron chi connectivity index (χ3n) is 5.25. The Labute approximate surface area is 181 Å². The van der Waals surface area contributed by atoms with E-state index in [1.165, 1.54) is 4.88 Å². The van der Waals surface area contributed by atoms with Crippen LogP contribution in [0.15, 0.2) is 35.7 Å². The number of rotatable bonds is 5. The topological polar surface area (TPSA) is 69.5 Å². The highest BCUT2D eigenvalue weighted by molar-refractivity contribution is 7.18. The number of piperazine rings is 1. The molecule has 0 radical (unpaired) electrons. The fraction of sp³-hybridized carbons (Fsp3) is 0.455. The zero-order chi connectivity index (χ0) is 21.1. The third-order valence-corrected chi connectivity index (χ3v) is 6.71. The van der Waals surface area contributed by atoms with Crippen molar-refractivity contribution >= 4 is 33.6 Å². The van der Waals surface area contributed by atoms with Crippen molar-refractivity contribution in [3.63, 3.8) is 0 Å². The largest absolute Gasteiger partial charge is 0.304 e. The van der Waals surface area contributed by atoms with Crippen molar-refractivity contribution in [2.75, 3.05) is 38.7 Å². The molecular formula is C22H29N7S. The van der Waals surface area contributed by atoms with E-state index in [0.29, 0.717) is 0 Å². The Morgan fingerprint density at radius 3 is 2.73 bits per heavy atom. The van der Waals surface area contributed by atoms with Crippen LogP contribution in [0, 0.1) is 0 Å². The Bertz CT molecular complexity index is 1030. The van der Waals surface area contributed by atoms with Crippen LogP contribution in [0.3, 0.4) is 0 Å². The summed E-state index contributed by atoms with van der Waals surface area (Å²) in [5, 5.41) is 5.39. The van der Waals surface area contributed by atoms with Gasteiger partial charge in [0.15, 0.2) is 5.82 Å². The number of anilines is 1. The summed E-state index contributed by atoms with van der Waals surface area (Å²) >= 11 is 1.70. The minimum Gasteiger partial charge on any atom is -0.304 e. The molecule has 3 aromatic heterocycles. The van der Waals surface area contributed by atoms with E-state index in [9.17, 15) is 0 Å². The number of thiophene rings is 1. The van der Waals surface area contributed by atoms with E-state index < -0.39 is 0 Å². The van der Waals surface area contributed by atoms with E-state index in [1.54, 1.807) is 23.9 Å². The number of hydrazone groups is 1. The molecule has 0 spiro atoms. The molecule has 1 N–H and O–H groups in total. The van der Waals surface area contributed by atoms with E-state index in [4.69, 9.17) is 4.98 Å². The second kappa shape index (κ2) is 8.75. The number of nitrogens with one attached hydrogen (secondary N) is 1. The molecule has 4 rings (SSSR count). The van der Waals surface area contributed by atoms with Gasteiger partial charge in [0.25, 0.3) is 0 Å². The minimum absolute atomic E-state index is 0.0834. The van der Waals surface area contributed by atoms with Gasteiger partial charge in [-0.25, -0.2) is 9.97 Å². The van der Waals surface area contributed by atoms with Gasteiger partial charge < -0.3 is 4.90 Å². The molecule has 3 aromatic rings.